The third-order valence-corrected chi connectivity index (χ3v) is 4.73. The summed E-state index contributed by atoms with van der Waals surface area (Å²) < 4.78 is 5.35. The molecule has 1 aliphatic carbocycles. The van der Waals surface area contributed by atoms with E-state index < -0.39 is 41.3 Å². The third kappa shape index (κ3) is 2.50. The SMILES string of the molecule is O=C(O)CNC(=O)C1C(=O)c2ccccc2C2(CCOCC2)C1=O. The molecule has 2 N–H and O–H groups in total. The third-order valence-electron chi connectivity index (χ3n) is 4.73. The normalized spacial score (nSPS) is 22.1. The molecule has 7 heteroatoms. The minimum atomic E-state index is -1.50. The van der Waals surface area contributed by atoms with Gasteiger partial charge in [-0.15, -0.1) is 0 Å². The van der Waals surface area contributed by atoms with Crippen LogP contribution in [0.4, 0.5) is 0 Å². The minimum Gasteiger partial charge on any atom is -0.480 e. The molecule has 0 saturated carbocycles. The molecule has 2 aliphatic rings. The van der Waals surface area contributed by atoms with Gasteiger partial charge in [0.1, 0.15) is 6.54 Å². The second-order valence-corrected chi connectivity index (χ2v) is 6.01. The minimum absolute atomic E-state index is 0.356. The summed E-state index contributed by atoms with van der Waals surface area (Å²) in [7, 11) is 0. The van der Waals surface area contributed by atoms with Crippen LogP contribution in [0.3, 0.4) is 0 Å². The Balaban J connectivity index is 2.04. The Morgan fingerprint density at radius 1 is 1.21 bits per heavy atom. The lowest BCUT2D eigenvalue weighted by molar-refractivity contribution is -0.142. The van der Waals surface area contributed by atoms with E-state index in [0.29, 0.717) is 37.2 Å². The number of nitrogens with one attached hydrogen (secondary N) is 1. The van der Waals surface area contributed by atoms with Crippen molar-refractivity contribution in [2.75, 3.05) is 19.8 Å². The number of Topliss-reactive ketones (excluding diaryl/α,β-unsaturated/α-hetero) is 2. The fraction of sp³-hybridized carbons (Fsp3) is 0.412. The highest BCUT2D eigenvalue weighted by atomic mass is 16.5. The smallest absolute Gasteiger partial charge is 0.322 e. The van der Waals surface area contributed by atoms with E-state index in [4.69, 9.17) is 9.84 Å². The van der Waals surface area contributed by atoms with Crippen LogP contribution in [0, 0.1) is 5.92 Å². The van der Waals surface area contributed by atoms with E-state index in [2.05, 4.69) is 5.32 Å². The van der Waals surface area contributed by atoms with Crippen LogP contribution in [0.25, 0.3) is 0 Å². The van der Waals surface area contributed by atoms with Crippen LogP contribution in [-0.2, 0) is 24.5 Å². The van der Waals surface area contributed by atoms with Crippen molar-refractivity contribution in [3.05, 3.63) is 35.4 Å². The summed E-state index contributed by atoms with van der Waals surface area (Å²) in [5.41, 5.74) is 0.0774. The van der Waals surface area contributed by atoms with Crippen molar-refractivity contribution in [1.29, 1.82) is 0 Å². The molecule has 0 radical (unpaired) electrons. The van der Waals surface area contributed by atoms with Crippen LogP contribution in [-0.4, -0.2) is 48.3 Å². The molecule has 1 saturated heterocycles. The van der Waals surface area contributed by atoms with Crippen molar-refractivity contribution in [3.8, 4) is 0 Å². The fourth-order valence-corrected chi connectivity index (χ4v) is 3.54. The lowest BCUT2D eigenvalue weighted by Gasteiger charge is -2.42. The first-order valence-corrected chi connectivity index (χ1v) is 7.73. The van der Waals surface area contributed by atoms with Gasteiger partial charge in [0.05, 0.1) is 5.41 Å². The number of fused-ring (bicyclic) bond motifs is 2. The lowest BCUT2D eigenvalue weighted by Crippen LogP contribution is -2.55. The lowest BCUT2D eigenvalue weighted by atomic mass is 9.61. The highest BCUT2D eigenvalue weighted by Crippen LogP contribution is 2.44. The number of benzene rings is 1. The zero-order chi connectivity index (χ0) is 17.3. The number of hydrogen-bond donors (Lipinski definition) is 2. The van der Waals surface area contributed by atoms with Gasteiger partial charge in [-0.2, -0.15) is 0 Å². The Kier molecular flexibility index (Phi) is 4.19. The van der Waals surface area contributed by atoms with Crippen LogP contribution in [0.2, 0.25) is 0 Å². The predicted molar refractivity (Wildman–Crippen MR) is 81.6 cm³/mol. The second-order valence-electron chi connectivity index (χ2n) is 6.01. The molecule has 1 amide bonds. The quantitative estimate of drug-likeness (QED) is 0.772. The first-order valence-electron chi connectivity index (χ1n) is 7.73. The zero-order valence-corrected chi connectivity index (χ0v) is 12.9. The summed E-state index contributed by atoms with van der Waals surface area (Å²) in [4.78, 5) is 48.7. The van der Waals surface area contributed by atoms with Gasteiger partial charge in [-0.3, -0.25) is 19.2 Å². The molecular weight excluding hydrogens is 314 g/mol. The summed E-state index contributed by atoms with van der Waals surface area (Å²) in [6.07, 6.45) is 0.803. The second kappa shape index (κ2) is 6.16. The number of amides is 1. The monoisotopic (exact) mass is 331 g/mol. The average molecular weight is 331 g/mol. The highest BCUT2D eigenvalue weighted by molar-refractivity contribution is 6.29. The Bertz CT molecular complexity index is 720. The number of carbonyl (C=O) groups excluding carboxylic acids is 3. The van der Waals surface area contributed by atoms with Crippen molar-refractivity contribution >= 4 is 23.4 Å². The molecule has 0 aromatic heterocycles. The number of aliphatic carboxylic acids is 1. The van der Waals surface area contributed by atoms with Gasteiger partial charge in [-0.25, -0.2) is 0 Å². The topological polar surface area (TPSA) is 110 Å². The largest absolute Gasteiger partial charge is 0.480 e. The average Bonchev–Trinajstić information content (AvgIpc) is 2.59. The Morgan fingerprint density at radius 3 is 2.54 bits per heavy atom. The van der Waals surface area contributed by atoms with Crippen LogP contribution >= 0.6 is 0 Å². The van der Waals surface area contributed by atoms with E-state index in [1.54, 1.807) is 24.3 Å². The fourth-order valence-electron chi connectivity index (χ4n) is 3.54. The molecule has 126 valence electrons. The van der Waals surface area contributed by atoms with Crippen LogP contribution in [0.5, 0.6) is 0 Å². The first kappa shape index (κ1) is 16.3. The van der Waals surface area contributed by atoms with Gasteiger partial charge < -0.3 is 15.2 Å². The number of ketones is 2. The molecule has 1 aromatic carbocycles. The van der Waals surface area contributed by atoms with Crippen molar-refractivity contribution in [2.24, 2.45) is 5.92 Å². The molecule has 24 heavy (non-hydrogen) atoms. The molecule has 1 unspecified atom stereocenters. The highest BCUT2D eigenvalue weighted by Gasteiger charge is 2.54. The van der Waals surface area contributed by atoms with Gasteiger partial charge in [-0.1, -0.05) is 24.3 Å². The van der Waals surface area contributed by atoms with Crippen molar-refractivity contribution < 1.29 is 29.0 Å². The standard InChI is InChI=1S/C17H17NO6/c19-12(20)9-18-16(23)13-14(21)10-3-1-2-4-11(10)17(15(13)22)5-7-24-8-6-17/h1-4,13H,5-9H2,(H,18,23)(H,19,20). The summed E-state index contributed by atoms with van der Waals surface area (Å²) in [5.74, 6) is -4.63. The van der Waals surface area contributed by atoms with E-state index in [1.807, 2.05) is 0 Å². The summed E-state index contributed by atoms with van der Waals surface area (Å²) in [5, 5.41) is 10.8. The number of carboxylic acid groups (broad SMARTS) is 1. The van der Waals surface area contributed by atoms with Crippen molar-refractivity contribution in [3.63, 3.8) is 0 Å². The van der Waals surface area contributed by atoms with Crippen molar-refractivity contribution in [2.45, 2.75) is 18.3 Å². The number of rotatable bonds is 3. The molecule has 1 atom stereocenters. The van der Waals surface area contributed by atoms with Gasteiger partial charge in [0, 0.05) is 18.8 Å². The summed E-state index contributed by atoms with van der Waals surface area (Å²) in [6.45, 7) is 0.114. The molecule has 3 rings (SSSR count). The molecule has 0 bridgehead atoms. The van der Waals surface area contributed by atoms with Crippen LogP contribution in [0.1, 0.15) is 28.8 Å². The Labute approximate surface area is 138 Å². The van der Waals surface area contributed by atoms with E-state index in [1.165, 1.54) is 0 Å². The van der Waals surface area contributed by atoms with Gasteiger partial charge in [0.25, 0.3) is 0 Å². The maximum Gasteiger partial charge on any atom is 0.322 e. The van der Waals surface area contributed by atoms with E-state index in [0.717, 1.165) is 0 Å². The van der Waals surface area contributed by atoms with Crippen molar-refractivity contribution in [1.82, 2.24) is 5.32 Å². The molecule has 7 nitrogen and oxygen atoms in total. The van der Waals surface area contributed by atoms with Gasteiger partial charge >= 0.3 is 5.97 Å². The van der Waals surface area contributed by atoms with Gasteiger partial charge in [-0.05, 0) is 18.4 Å². The van der Waals surface area contributed by atoms with E-state index in [-0.39, 0.29) is 0 Å². The first-order chi connectivity index (χ1) is 11.5. The maximum absolute atomic E-state index is 13.1. The van der Waals surface area contributed by atoms with Gasteiger partial charge in [0.15, 0.2) is 17.5 Å². The van der Waals surface area contributed by atoms with E-state index in [9.17, 15) is 19.2 Å². The maximum atomic E-state index is 13.1. The zero-order valence-electron chi connectivity index (χ0n) is 12.9. The summed E-state index contributed by atoms with van der Waals surface area (Å²) in [6, 6.07) is 6.81. The number of carboxylic acids is 1. The number of hydrogen-bond acceptors (Lipinski definition) is 5. The van der Waals surface area contributed by atoms with Gasteiger partial charge in [0.2, 0.25) is 5.91 Å². The summed E-state index contributed by atoms with van der Waals surface area (Å²) >= 11 is 0. The van der Waals surface area contributed by atoms with Crippen LogP contribution in [0.15, 0.2) is 24.3 Å². The Morgan fingerprint density at radius 2 is 1.88 bits per heavy atom. The Hall–Kier alpha value is -2.54. The molecule has 1 spiro atoms. The molecule has 1 fully saturated rings. The van der Waals surface area contributed by atoms with Crippen LogP contribution < -0.4 is 5.32 Å². The number of ether oxygens (including phenoxy) is 1. The molecular formula is C17H17NO6. The predicted octanol–water partition coefficient (Wildman–Crippen LogP) is 0.317. The molecule has 1 heterocycles. The molecule has 1 aliphatic heterocycles. The molecule has 1 aromatic rings. The number of carbonyl (C=O) groups is 4. The van der Waals surface area contributed by atoms with E-state index >= 15 is 0 Å².